The van der Waals surface area contributed by atoms with Crippen molar-refractivity contribution in [3.63, 3.8) is 0 Å². The number of rotatable bonds is 70. The van der Waals surface area contributed by atoms with Crippen LogP contribution in [0.2, 0.25) is 0 Å². The second kappa shape index (κ2) is 69.9. The molecular weight excluding hydrogens is 1270 g/mol. The van der Waals surface area contributed by atoms with Gasteiger partial charge in [0.05, 0.1) is 32.0 Å². The Labute approximate surface area is 617 Å². The van der Waals surface area contributed by atoms with Gasteiger partial charge in [0.25, 0.3) is 0 Å². The molecule has 2 saturated heterocycles. The zero-order valence-electron chi connectivity index (χ0n) is 64.4. The van der Waals surface area contributed by atoms with E-state index < -0.39 is 86.8 Å². The van der Waals surface area contributed by atoms with Gasteiger partial charge < -0.3 is 65.1 Å². The summed E-state index contributed by atoms with van der Waals surface area (Å²) < 4.78 is 22.9. The smallest absolute Gasteiger partial charge is 0.220 e. The van der Waals surface area contributed by atoms with E-state index in [1.54, 1.807) is 6.08 Å². The molecule has 586 valence electrons. The summed E-state index contributed by atoms with van der Waals surface area (Å²) in [7, 11) is 0. The number of carbonyl (C=O) groups excluding carboxylic acids is 1. The van der Waals surface area contributed by atoms with Gasteiger partial charge in [-0.15, -0.1) is 0 Å². The first-order valence-electron chi connectivity index (χ1n) is 42.0. The molecule has 2 rings (SSSR count). The van der Waals surface area contributed by atoms with Crippen molar-refractivity contribution >= 4 is 5.91 Å². The van der Waals surface area contributed by atoms with Crippen molar-refractivity contribution in [1.29, 1.82) is 0 Å². The molecule has 2 aliphatic rings. The molecule has 1 amide bonds. The van der Waals surface area contributed by atoms with Crippen LogP contribution in [-0.4, -0.2) is 140 Å². The standard InChI is InChI=1S/C87H155NO13/c1-3-5-7-9-11-13-15-17-19-21-23-25-27-29-31-33-34-35-36-37-38-39-40-41-42-43-45-47-49-51-53-55-57-59-61-63-65-67-69-71-79(92)88-75(74-98-86-84(97)82(95)85(78(73-90)100-86)101-87-83(96)81(94)80(93)77(72-89)99-87)76(91)70-68-66-64-62-60-58-56-54-52-50-48-46-44-32-30-28-26-24-22-20-18-16-14-12-10-8-6-4-2/h5,7,11,13,17,19,23,25,29,31,52,54,60,62,68,70,75-78,80-87,89-91,93-97H,3-4,6,8-10,12,14-16,18,20-22,24,26-28,30,32-51,53,55-59,61,63-67,69,71-74H2,1-2H3,(H,88,92)/b7-5-,13-11-,19-17-,25-23-,31-29-,54-52+,62-60+,70-68+. The third-order valence-corrected chi connectivity index (χ3v) is 20.0. The summed E-state index contributed by atoms with van der Waals surface area (Å²) in [4.78, 5) is 13.4. The normalized spacial score (nSPS) is 22.2. The van der Waals surface area contributed by atoms with Gasteiger partial charge in [-0.3, -0.25) is 4.79 Å². The highest BCUT2D eigenvalue weighted by Gasteiger charge is 2.51. The van der Waals surface area contributed by atoms with Crippen LogP contribution in [0.3, 0.4) is 0 Å². The van der Waals surface area contributed by atoms with Gasteiger partial charge in [0.1, 0.15) is 48.8 Å². The molecule has 12 unspecified atom stereocenters. The average Bonchev–Trinajstić information content (AvgIpc) is 0.790. The van der Waals surface area contributed by atoms with Crippen LogP contribution in [0.4, 0.5) is 0 Å². The summed E-state index contributed by atoms with van der Waals surface area (Å²) in [6.07, 6.45) is 83.6. The molecule has 2 aliphatic heterocycles. The second-order valence-electron chi connectivity index (χ2n) is 29.2. The Kier molecular flexibility index (Phi) is 65.1. The quantitative estimate of drug-likeness (QED) is 0.0204. The summed E-state index contributed by atoms with van der Waals surface area (Å²) in [6.45, 7) is 2.71. The minimum Gasteiger partial charge on any atom is -0.394 e. The van der Waals surface area contributed by atoms with Crippen molar-refractivity contribution in [2.75, 3.05) is 19.8 Å². The predicted octanol–water partition coefficient (Wildman–Crippen LogP) is 19.6. The van der Waals surface area contributed by atoms with Crippen LogP contribution in [-0.2, 0) is 23.7 Å². The molecule has 0 saturated carbocycles. The summed E-state index contributed by atoms with van der Waals surface area (Å²) >= 11 is 0. The zero-order valence-corrected chi connectivity index (χ0v) is 64.4. The van der Waals surface area contributed by atoms with E-state index in [2.05, 4.69) is 104 Å². The third kappa shape index (κ3) is 52.5. The van der Waals surface area contributed by atoms with Crippen molar-refractivity contribution < 1.29 is 64.6 Å². The first kappa shape index (κ1) is 94.0. The van der Waals surface area contributed by atoms with Gasteiger partial charge in [-0.05, 0) is 89.9 Å². The van der Waals surface area contributed by atoms with E-state index in [-0.39, 0.29) is 18.9 Å². The molecule has 9 N–H and O–H groups in total. The number of amides is 1. The van der Waals surface area contributed by atoms with E-state index in [0.717, 1.165) is 77.0 Å². The molecule has 0 bridgehead atoms. The SMILES string of the molecule is CC/C=C\C/C=C\C/C=C\C/C=C\C/C=C\CCCCCCCCCCCCCCCCCCCCCCCCCC(=O)NC(COC1OC(CO)C(OC2OC(CO)C(O)C(O)C2O)C(O)C1O)C(O)/C=C/CC/C=C/CC/C=C/CCCCCCCCCCCCCCCCCCCC. The summed E-state index contributed by atoms with van der Waals surface area (Å²) in [5.41, 5.74) is 0. The van der Waals surface area contributed by atoms with Crippen LogP contribution in [0.1, 0.15) is 354 Å². The highest BCUT2D eigenvalue weighted by molar-refractivity contribution is 5.76. The third-order valence-electron chi connectivity index (χ3n) is 20.0. The first-order chi connectivity index (χ1) is 49.6. The monoisotopic (exact) mass is 1420 g/mol. The van der Waals surface area contributed by atoms with E-state index in [9.17, 15) is 45.6 Å². The van der Waals surface area contributed by atoms with Gasteiger partial charge in [0.2, 0.25) is 5.91 Å². The Morgan fingerprint density at radius 1 is 0.366 bits per heavy atom. The molecule has 0 spiro atoms. The van der Waals surface area contributed by atoms with Gasteiger partial charge in [-0.1, -0.05) is 355 Å². The van der Waals surface area contributed by atoms with Crippen LogP contribution in [0.25, 0.3) is 0 Å². The fraction of sp³-hybridized carbons (Fsp3) is 0.805. The minimum atomic E-state index is -1.80. The maximum Gasteiger partial charge on any atom is 0.220 e. The lowest BCUT2D eigenvalue weighted by atomic mass is 9.97. The molecule has 0 aromatic carbocycles. The number of hydrogen-bond donors (Lipinski definition) is 9. The maximum absolute atomic E-state index is 13.4. The van der Waals surface area contributed by atoms with Crippen LogP contribution < -0.4 is 5.32 Å². The number of carbonyl (C=O) groups is 1. The molecule has 0 aromatic rings. The van der Waals surface area contributed by atoms with Crippen LogP contribution >= 0.6 is 0 Å². The zero-order chi connectivity index (χ0) is 73.0. The van der Waals surface area contributed by atoms with Gasteiger partial charge in [0, 0.05) is 6.42 Å². The Hall–Kier alpha value is -3.09. The second-order valence-corrected chi connectivity index (χ2v) is 29.2. The number of allylic oxidation sites excluding steroid dienone is 15. The lowest BCUT2D eigenvalue weighted by Crippen LogP contribution is -2.65. The summed E-state index contributed by atoms with van der Waals surface area (Å²) in [6, 6.07) is -0.943. The molecule has 2 heterocycles. The van der Waals surface area contributed by atoms with E-state index in [0.29, 0.717) is 12.8 Å². The van der Waals surface area contributed by atoms with E-state index in [4.69, 9.17) is 18.9 Å². The molecule has 0 radical (unpaired) electrons. The number of aliphatic hydroxyl groups excluding tert-OH is 8. The average molecular weight is 1420 g/mol. The fourth-order valence-electron chi connectivity index (χ4n) is 13.4. The highest BCUT2D eigenvalue weighted by atomic mass is 16.7. The first-order valence-corrected chi connectivity index (χ1v) is 42.0. The molecule has 0 aromatic heterocycles. The van der Waals surface area contributed by atoms with Gasteiger partial charge >= 0.3 is 0 Å². The molecule has 12 atom stereocenters. The highest BCUT2D eigenvalue weighted by Crippen LogP contribution is 2.30. The topological polar surface area (TPSA) is 228 Å². The van der Waals surface area contributed by atoms with Crippen molar-refractivity contribution in [1.82, 2.24) is 5.32 Å². The minimum absolute atomic E-state index is 0.249. The molecule has 0 aliphatic carbocycles. The van der Waals surface area contributed by atoms with Crippen molar-refractivity contribution in [3.05, 3.63) is 97.2 Å². The number of unbranched alkanes of at least 4 members (excludes halogenated alkanes) is 43. The summed E-state index contributed by atoms with van der Waals surface area (Å²) in [5.74, 6) is -0.249. The van der Waals surface area contributed by atoms with Crippen LogP contribution in [0.5, 0.6) is 0 Å². The predicted molar refractivity (Wildman–Crippen MR) is 419 cm³/mol. The molecule has 101 heavy (non-hydrogen) atoms. The van der Waals surface area contributed by atoms with Gasteiger partial charge in [0.15, 0.2) is 12.6 Å². The molecular formula is C87H155NO13. The molecule has 14 heteroatoms. The maximum atomic E-state index is 13.4. The molecule has 14 nitrogen and oxygen atoms in total. The van der Waals surface area contributed by atoms with Gasteiger partial charge in [-0.25, -0.2) is 0 Å². The van der Waals surface area contributed by atoms with E-state index in [1.165, 1.54) is 244 Å². The number of nitrogens with one attached hydrogen (secondary N) is 1. The Morgan fingerprint density at radius 3 is 1.09 bits per heavy atom. The Bertz CT molecular complexity index is 2070. The Balaban J connectivity index is 1.60. The summed E-state index contributed by atoms with van der Waals surface area (Å²) in [5, 5.41) is 87.7. The number of aliphatic hydroxyl groups is 8. The molecule has 2 fully saturated rings. The van der Waals surface area contributed by atoms with Crippen molar-refractivity contribution in [2.45, 2.75) is 428 Å². The van der Waals surface area contributed by atoms with Crippen LogP contribution in [0, 0.1) is 0 Å². The van der Waals surface area contributed by atoms with E-state index >= 15 is 0 Å². The lowest BCUT2D eigenvalue weighted by Gasteiger charge is -2.46. The number of hydrogen-bond acceptors (Lipinski definition) is 13. The number of ether oxygens (including phenoxy) is 4. The fourth-order valence-corrected chi connectivity index (χ4v) is 13.4. The largest absolute Gasteiger partial charge is 0.394 e. The van der Waals surface area contributed by atoms with Crippen molar-refractivity contribution in [2.24, 2.45) is 0 Å². The van der Waals surface area contributed by atoms with Gasteiger partial charge in [-0.2, -0.15) is 0 Å². The van der Waals surface area contributed by atoms with E-state index in [1.807, 2.05) is 6.08 Å². The Morgan fingerprint density at radius 2 is 0.693 bits per heavy atom. The van der Waals surface area contributed by atoms with Crippen LogP contribution in [0.15, 0.2) is 97.2 Å². The van der Waals surface area contributed by atoms with Crippen molar-refractivity contribution in [3.8, 4) is 0 Å². The lowest BCUT2D eigenvalue weighted by molar-refractivity contribution is -0.359.